The van der Waals surface area contributed by atoms with Crippen LogP contribution in [0.15, 0.2) is 28.7 Å². The van der Waals surface area contributed by atoms with Gasteiger partial charge in [0.25, 0.3) is 0 Å². The van der Waals surface area contributed by atoms with Crippen LogP contribution in [0.5, 0.6) is 0 Å². The van der Waals surface area contributed by atoms with Gasteiger partial charge in [0.15, 0.2) is 0 Å². The molecule has 0 saturated heterocycles. The van der Waals surface area contributed by atoms with Gasteiger partial charge < -0.3 is 9.73 Å². The zero-order valence-electron chi connectivity index (χ0n) is 12.8. The van der Waals surface area contributed by atoms with E-state index in [4.69, 9.17) is 4.42 Å². The standard InChI is InChI=1S/C18H25NO/c1-4-15-17(14-8-6-7-9-16(14)20-15)18(19-5-2)12(3)13-10-11-13/h6-9,12-13,18-19H,4-5,10-11H2,1-3H3. The maximum atomic E-state index is 6.09. The summed E-state index contributed by atoms with van der Waals surface area (Å²) < 4.78 is 6.09. The molecule has 0 amide bonds. The summed E-state index contributed by atoms with van der Waals surface area (Å²) >= 11 is 0. The SMILES string of the molecule is CCNC(c1c(CC)oc2ccccc12)C(C)C1CC1. The van der Waals surface area contributed by atoms with Gasteiger partial charge in [0, 0.05) is 23.4 Å². The van der Waals surface area contributed by atoms with Crippen molar-refractivity contribution in [3.8, 4) is 0 Å². The lowest BCUT2D eigenvalue weighted by molar-refractivity contribution is 0.350. The van der Waals surface area contributed by atoms with Crippen molar-refractivity contribution in [3.05, 3.63) is 35.6 Å². The summed E-state index contributed by atoms with van der Waals surface area (Å²) in [4.78, 5) is 0. The number of hydrogen-bond acceptors (Lipinski definition) is 2. The second-order valence-electron chi connectivity index (χ2n) is 6.02. The van der Waals surface area contributed by atoms with Crippen molar-refractivity contribution in [2.75, 3.05) is 6.54 Å². The van der Waals surface area contributed by atoms with Crippen LogP contribution in [0, 0.1) is 11.8 Å². The predicted octanol–water partition coefficient (Wildman–Crippen LogP) is 4.69. The van der Waals surface area contributed by atoms with Crippen LogP contribution < -0.4 is 5.32 Å². The second-order valence-corrected chi connectivity index (χ2v) is 6.02. The van der Waals surface area contributed by atoms with Crippen molar-refractivity contribution in [3.63, 3.8) is 0 Å². The fourth-order valence-electron chi connectivity index (χ4n) is 3.38. The fraction of sp³-hybridized carbons (Fsp3) is 0.556. The third-order valence-electron chi connectivity index (χ3n) is 4.66. The summed E-state index contributed by atoms with van der Waals surface area (Å²) in [6.45, 7) is 7.78. The van der Waals surface area contributed by atoms with Crippen LogP contribution >= 0.6 is 0 Å². The normalized spacial score (nSPS) is 18.4. The van der Waals surface area contributed by atoms with Gasteiger partial charge in [-0.25, -0.2) is 0 Å². The first-order chi connectivity index (χ1) is 9.76. The van der Waals surface area contributed by atoms with Crippen LogP contribution in [0.4, 0.5) is 0 Å². The monoisotopic (exact) mass is 271 g/mol. The predicted molar refractivity (Wildman–Crippen MR) is 83.9 cm³/mol. The first-order valence-corrected chi connectivity index (χ1v) is 7.99. The van der Waals surface area contributed by atoms with Gasteiger partial charge in [-0.1, -0.05) is 39.0 Å². The van der Waals surface area contributed by atoms with Crippen molar-refractivity contribution in [1.29, 1.82) is 0 Å². The average Bonchev–Trinajstić information content (AvgIpc) is 3.25. The van der Waals surface area contributed by atoms with Crippen LogP contribution in [0.2, 0.25) is 0 Å². The van der Waals surface area contributed by atoms with Gasteiger partial charge in [0.2, 0.25) is 0 Å². The molecule has 0 aliphatic heterocycles. The lowest BCUT2D eigenvalue weighted by atomic mass is 9.88. The zero-order valence-corrected chi connectivity index (χ0v) is 12.8. The third kappa shape index (κ3) is 2.37. The quantitative estimate of drug-likeness (QED) is 0.824. The minimum Gasteiger partial charge on any atom is -0.461 e. The first-order valence-electron chi connectivity index (χ1n) is 7.99. The van der Waals surface area contributed by atoms with Crippen molar-refractivity contribution >= 4 is 11.0 Å². The van der Waals surface area contributed by atoms with Crippen LogP contribution in [-0.4, -0.2) is 6.54 Å². The molecule has 1 aromatic carbocycles. The molecule has 2 unspecified atom stereocenters. The molecule has 1 aliphatic carbocycles. The Balaban J connectivity index is 2.08. The Bertz CT molecular complexity index is 582. The molecule has 2 nitrogen and oxygen atoms in total. The van der Waals surface area contributed by atoms with Crippen molar-refractivity contribution < 1.29 is 4.42 Å². The van der Waals surface area contributed by atoms with E-state index in [-0.39, 0.29) is 0 Å². The van der Waals surface area contributed by atoms with Crippen LogP contribution in [0.3, 0.4) is 0 Å². The highest BCUT2D eigenvalue weighted by Gasteiger charge is 2.36. The van der Waals surface area contributed by atoms with E-state index in [0.717, 1.165) is 30.2 Å². The summed E-state index contributed by atoms with van der Waals surface area (Å²) in [6.07, 6.45) is 3.74. The molecular formula is C18H25NO. The number of aryl methyl sites for hydroxylation is 1. The summed E-state index contributed by atoms with van der Waals surface area (Å²) in [5.74, 6) is 2.73. The summed E-state index contributed by atoms with van der Waals surface area (Å²) in [7, 11) is 0. The highest BCUT2D eigenvalue weighted by atomic mass is 16.3. The Kier molecular flexibility index (Phi) is 3.84. The number of benzene rings is 1. The molecule has 1 N–H and O–H groups in total. The van der Waals surface area contributed by atoms with Gasteiger partial charge in [-0.05, 0) is 37.3 Å². The number of furan rings is 1. The molecule has 2 aromatic rings. The van der Waals surface area contributed by atoms with Crippen molar-refractivity contribution in [2.45, 2.75) is 46.1 Å². The lowest BCUT2D eigenvalue weighted by Crippen LogP contribution is -2.28. The Morgan fingerprint density at radius 2 is 2.00 bits per heavy atom. The van der Waals surface area contributed by atoms with E-state index in [1.807, 2.05) is 0 Å². The van der Waals surface area contributed by atoms with E-state index in [2.05, 4.69) is 50.4 Å². The summed E-state index contributed by atoms with van der Waals surface area (Å²) in [6, 6.07) is 8.89. The van der Waals surface area contributed by atoms with Gasteiger partial charge in [0.1, 0.15) is 11.3 Å². The minimum atomic E-state index is 0.422. The average molecular weight is 271 g/mol. The number of rotatable bonds is 6. The van der Waals surface area contributed by atoms with E-state index >= 15 is 0 Å². The van der Waals surface area contributed by atoms with Crippen LogP contribution in [0.1, 0.15) is 51.0 Å². The van der Waals surface area contributed by atoms with Gasteiger partial charge in [-0.3, -0.25) is 0 Å². The molecule has 0 bridgehead atoms. The molecule has 108 valence electrons. The molecule has 3 rings (SSSR count). The Morgan fingerprint density at radius 1 is 1.25 bits per heavy atom. The van der Waals surface area contributed by atoms with Gasteiger partial charge in [-0.15, -0.1) is 0 Å². The van der Waals surface area contributed by atoms with E-state index in [9.17, 15) is 0 Å². The molecule has 1 heterocycles. The fourth-order valence-corrected chi connectivity index (χ4v) is 3.38. The summed E-state index contributed by atoms with van der Waals surface area (Å²) in [5.41, 5.74) is 2.44. The number of fused-ring (bicyclic) bond motifs is 1. The molecule has 1 aromatic heterocycles. The van der Waals surface area contributed by atoms with Crippen molar-refractivity contribution in [1.82, 2.24) is 5.32 Å². The van der Waals surface area contributed by atoms with Gasteiger partial charge in [0.05, 0.1) is 0 Å². The van der Waals surface area contributed by atoms with E-state index in [0.29, 0.717) is 12.0 Å². The molecular weight excluding hydrogens is 246 g/mol. The van der Waals surface area contributed by atoms with Crippen LogP contribution in [0.25, 0.3) is 11.0 Å². The highest BCUT2D eigenvalue weighted by Crippen LogP contribution is 2.45. The molecule has 1 fully saturated rings. The lowest BCUT2D eigenvalue weighted by Gasteiger charge is -2.25. The summed E-state index contributed by atoms with van der Waals surface area (Å²) in [5, 5.41) is 5.01. The zero-order chi connectivity index (χ0) is 14.1. The molecule has 1 saturated carbocycles. The van der Waals surface area contributed by atoms with Crippen LogP contribution in [-0.2, 0) is 6.42 Å². The molecule has 2 heteroatoms. The Labute approximate surface area is 121 Å². The molecule has 2 atom stereocenters. The molecule has 20 heavy (non-hydrogen) atoms. The first kappa shape index (κ1) is 13.7. The van der Waals surface area contributed by atoms with E-state index in [1.54, 1.807) is 0 Å². The maximum absolute atomic E-state index is 6.09. The second kappa shape index (κ2) is 5.61. The van der Waals surface area contributed by atoms with Crippen molar-refractivity contribution in [2.24, 2.45) is 11.8 Å². The minimum absolute atomic E-state index is 0.422. The smallest absolute Gasteiger partial charge is 0.134 e. The largest absolute Gasteiger partial charge is 0.461 e. The number of nitrogens with one attached hydrogen (secondary N) is 1. The third-order valence-corrected chi connectivity index (χ3v) is 4.66. The maximum Gasteiger partial charge on any atom is 0.134 e. The van der Waals surface area contributed by atoms with Gasteiger partial charge in [-0.2, -0.15) is 0 Å². The Hall–Kier alpha value is -1.28. The highest BCUT2D eigenvalue weighted by molar-refractivity contribution is 5.82. The van der Waals surface area contributed by atoms with E-state index in [1.165, 1.54) is 23.8 Å². The van der Waals surface area contributed by atoms with Gasteiger partial charge >= 0.3 is 0 Å². The molecule has 0 radical (unpaired) electrons. The van der Waals surface area contributed by atoms with E-state index < -0.39 is 0 Å². The molecule has 0 spiro atoms. The Morgan fingerprint density at radius 3 is 2.65 bits per heavy atom. The number of para-hydroxylation sites is 1. The topological polar surface area (TPSA) is 25.2 Å². The molecule has 1 aliphatic rings. The number of hydrogen-bond donors (Lipinski definition) is 1.